The molecule has 0 spiro atoms. The Morgan fingerprint density at radius 2 is 1.21 bits per heavy atom. The van der Waals surface area contributed by atoms with Gasteiger partial charge in [-0.2, -0.15) is 0 Å². The largest absolute Gasteiger partial charge is 0.569 e. The van der Waals surface area contributed by atoms with Crippen molar-refractivity contribution in [2.45, 2.75) is 86.2 Å². The van der Waals surface area contributed by atoms with Crippen LogP contribution < -0.4 is 24.7 Å². The minimum atomic E-state index is -2.19. The molecule has 9 rings (SSSR count). The van der Waals surface area contributed by atoms with Crippen LogP contribution in [0.5, 0.6) is 11.5 Å². The predicted molar refractivity (Wildman–Crippen MR) is 356 cm³/mol. The van der Waals surface area contributed by atoms with Crippen LogP contribution in [0.2, 0.25) is 13.1 Å². The van der Waals surface area contributed by atoms with Crippen molar-refractivity contribution in [3.05, 3.63) is 220 Å². The SMILES string of the molecule is C.C=C(C)C(=O)CCCCN(Cc1ccccc1O[B]O)Cc1c2ccccc2c(CN(CCCNC(=O)C(=C)C)Cc2ccccc2O[B]O)c2ccc(-c3cccc(C4=C5C=CC(=[N+](C)C)C=C5[Si](C)(C)c5cc(N(C)C)ccc54)c3)cc12. The van der Waals surface area contributed by atoms with Crippen molar-refractivity contribution in [1.82, 2.24) is 15.1 Å². The summed E-state index contributed by atoms with van der Waals surface area (Å²) in [4.78, 5) is 32.5. The van der Waals surface area contributed by atoms with E-state index in [2.05, 4.69) is 182 Å². The van der Waals surface area contributed by atoms with Gasteiger partial charge in [0.05, 0.1) is 0 Å². The summed E-state index contributed by atoms with van der Waals surface area (Å²) >= 11 is 0. The standard InChI is InChI=1S/C70H77B2N5O6Si.CH4/c1-47(2)64(78)27-17-18-37-76(43-52-21-11-15-28-65(52)82-71-80)46-63-57-26-14-13-25-56(57)62(45-77(38-20-36-73-70(79)48(3)4)44-53-22-12-16-29-66(53)83-72-81)58-33-30-50(40-61(58)63)49-23-19-24-51(39-49)69-59-34-31-54(74(5)6)41-67(59)84(9,10)68-42-55(75(7)8)32-35-60(68)69;/h11-16,19,21-26,28-35,39-42,80-81H,1,3,17-18,20,27,36-38,43-46H2,2,4-10H3;1H4/p+1. The molecule has 2 radical (unpaired) electrons. The number of hydrogen-bond donors (Lipinski definition) is 3. The van der Waals surface area contributed by atoms with Crippen molar-refractivity contribution in [2.75, 3.05) is 52.7 Å². The highest BCUT2D eigenvalue weighted by Crippen LogP contribution is 2.44. The minimum Gasteiger partial charge on any atom is -0.537 e. The molecule has 85 heavy (non-hydrogen) atoms. The van der Waals surface area contributed by atoms with Gasteiger partial charge in [0.1, 0.15) is 33.7 Å². The molecule has 436 valence electrons. The number of anilines is 1. The predicted octanol–water partition coefficient (Wildman–Crippen LogP) is 12.1. The van der Waals surface area contributed by atoms with Crippen molar-refractivity contribution >= 4 is 78.8 Å². The number of unbranched alkanes of at least 4 members (excludes halogenated alkanes) is 1. The van der Waals surface area contributed by atoms with Gasteiger partial charge in [-0.05, 0) is 164 Å². The molecule has 3 N–H and O–H groups in total. The maximum absolute atomic E-state index is 12.8. The van der Waals surface area contributed by atoms with E-state index >= 15 is 0 Å². The number of allylic oxidation sites excluding steroid dienone is 6. The number of nitrogens with one attached hydrogen (secondary N) is 1. The summed E-state index contributed by atoms with van der Waals surface area (Å²) in [6.07, 6.45) is 9.62. The Balaban J connectivity index is 0.00000940. The van der Waals surface area contributed by atoms with Gasteiger partial charge in [-0.3, -0.25) is 19.4 Å². The summed E-state index contributed by atoms with van der Waals surface area (Å²) in [5.74, 6) is 1.04. The highest BCUT2D eigenvalue weighted by atomic mass is 28.3. The number of carbonyl (C=O) groups excluding carboxylic acids is 2. The highest BCUT2D eigenvalue weighted by Gasteiger charge is 2.40. The number of hydrogen-bond acceptors (Lipinski definition) is 9. The fraction of sp³-hybridized carbons (Fsp3) is 0.282. The average Bonchev–Trinajstić information content (AvgIpc) is 2.73. The summed E-state index contributed by atoms with van der Waals surface area (Å²) in [7, 11) is 7.73. The van der Waals surface area contributed by atoms with Crippen LogP contribution in [-0.2, 0) is 35.8 Å². The van der Waals surface area contributed by atoms with E-state index < -0.39 is 8.07 Å². The molecule has 0 atom stereocenters. The van der Waals surface area contributed by atoms with Crippen LogP contribution in [0.15, 0.2) is 187 Å². The van der Waals surface area contributed by atoms with E-state index in [1.165, 1.54) is 44.1 Å². The first-order valence-corrected chi connectivity index (χ1v) is 32.0. The van der Waals surface area contributed by atoms with E-state index in [1.807, 2.05) is 48.5 Å². The lowest BCUT2D eigenvalue weighted by Gasteiger charge is -2.38. The molecule has 1 aliphatic carbocycles. The molecule has 0 unspecified atom stereocenters. The molecule has 0 fully saturated rings. The quantitative estimate of drug-likeness (QED) is 0.0160. The topological polar surface area (TPSA) is 118 Å². The van der Waals surface area contributed by atoms with Gasteiger partial charge in [0, 0.05) is 94.3 Å². The highest BCUT2D eigenvalue weighted by molar-refractivity contribution is 6.98. The van der Waals surface area contributed by atoms with Gasteiger partial charge in [0.2, 0.25) is 5.91 Å². The Labute approximate surface area is 506 Å². The molecule has 1 aliphatic heterocycles. The maximum atomic E-state index is 12.8. The number of benzene rings is 7. The fourth-order valence-corrected chi connectivity index (χ4v) is 15.0. The smallest absolute Gasteiger partial charge is 0.537 e. The summed E-state index contributed by atoms with van der Waals surface area (Å²) in [6, 6.07) is 47.3. The lowest BCUT2D eigenvalue weighted by Crippen LogP contribution is -2.49. The van der Waals surface area contributed by atoms with Gasteiger partial charge < -0.3 is 29.6 Å². The third-order valence-corrected chi connectivity index (χ3v) is 20.0. The van der Waals surface area contributed by atoms with Crippen molar-refractivity contribution in [3.63, 3.8) is 0 Å². The molecule has 11 nitrogen and oxygen atoms in total. The first kappa shape index (κ1) is 63.2. The Morgan fingerprint density at radius 1 is 0.635 bits per heavy atom. The zero-order valence-electron chi connectivity index (χ0n) is 50.1. The molecule has 7 aromatic carbocycles. The number of ketones is 1. The number of Topliss-reactive ketones (excluding diaryl/α,β-unsaturated/α-hetero) is 1. The number of amides is 1. The van der Waals surface area contributed by atoms with Gasteiger partial charge in [-0.25, -0.2) is 4.58 Å². The number of carbonyl (C=O) groups is 2. The molecule has 14 heteroatoms. The molecule has 0 saturated carbocycles. The molecule has 0 aromatic heterocycles. The Kier molecular flexibility index (Phi) is 21.1. The second-order valence-electron chi connectivity index (χ2n) is 23.2. The lowest BCUT2D eigenvalue weighted by molar-refractivity contribution is -0.462. The maximum Gasteiger partial charge on any atom is 0.569 e. The first-order valence-electron chi connectivity index (χ1n) is 29.0. The Hall–Kier alpha value is -7.84. The van der Waals surface area contributed by atoms with E-state index in [1.54, 1.807) is 13.8 Å². The van der Waals surface area contributed by atoms with Crippen LogP contribution in [0.1, 0.15) is 80.3 Å². The van der Waals surface area contributed by atoms with Crippen molar-refractivity contribution in [2.24, 2.45) is 0 Å². The Bertz CT molecular complexity index is 3790. The van der Waals surface area contributed by atoms with Gasteiger partial charge in [0.25, 0.3) is 0 Å². The average molecular weight is 1150 g/mol. The third kappa shape index (κ3) is 14.5. The number of rotatable bonds is 26. The Morgan fingerprint density at radius 3 is 1.81 bits per heavy atom. The second-order valence-corrected chi connectivity index (χ2v) is 27.6. The monoisotopic (exact) mass is 1150 g/mol. The lowest BCUT2D eigenvalue weighted by atomic mass is 9.87. The minimum absolute atomic E-state index is 0. The molecule has 2 aliphatic rings. The summed E-state index contributed by atoms with van der Waals surface area (Å²) in [5.41, 5.74) is 14.8. The zero-order valence-corrected chi connectivity index (χ0v) is 51.1. The van der Waals surface area contributed by atoms with Gasteiger partial charge >= 0.3 is 15.4 Å². The van der Waals surface area contributed by atoms with E-state index in [0.29, 0.717) is 87.7 Å². The zero-order chi connectivity index (χ0) is 59.7. The van der Waals surface area contributed by atoms with Gasteiger partial charge in [-0.15, -0.1) is 0 Å². The molecule has 1 heterocycles. The fourth-order valence-electron chi connectivity index (χ4n) is 11.9. The van der Waals surface area contributed by atoms with E-state index in [-0.39, 0.29) is 19.1 Å². The second kappa shape index (κ2) is 28.4. The van der Waals surface area contributed by atoms with E-state index in [0.717, 1.165) is 76.7 Å². The third-order valence-electron chi connectivity index (χ3n) is 16.4. The van der Waals surface area contributed by atoms with Crippen LogP contribution in [0, 0.1) is 0 Å². The first-order chi connectivity index (χ1) is 40.5. The molecule has 0 saturated heterocycles. The normalized spacial score (nSPS) is 13.2. The van der Waals surface area contributed by atoms with Crippen molar-refractivity contribution < 1.29 is 33.5 Å². The van der Waals surface area contributed by atoms with Crippen LogP contribution in [0.3, 0.4) is 0 Å². The molecule has 0 bridgehead atoms. The van der Waals surface area contributed by atoms with Crippen LogP contribution in [0.4, 0.5) is 5.69 Å². The molecule has 1 amide bonds. The van der Waals surface area contributed by atoms with E-state index in [9.17, 15) is 19.6 Å². The summed E-state index contributed by atoms with van der Waals surface area (Å²) in [6.45, 7) is 20.2. The van der Waals surface area contributed by atoms with Crippen LogP contribution in [0.25, 0.3) is 38.2 Å². The summed E-state index contributed by atoms with van der Waals surface area (Å²) in [5, 5.41) is 30.1. The van der Waals surface area contributed by atoms with Gasteiger partial charge in [-0.1, -0.05) is 131 Å². The number of nitrogens with zero attached hydrogens (tertiary/aromatic N) is 4. The van der Waals surface area contributed by atoms with Crippen molar-refractivity contribution in [1.29, 1.82) is 0 Å². The number of para-hydroxylation sites is 2. The molecule has 7 aromatic rings. The van der Waals surface area contributed by atoms with Gasteiger partial charge in [0.15, 0.2) is 11.5 Å². The van der Waals surface area contributed by atoms with Crippen molar-refractivity contribution in [3.8, 4) is 22.6 Å². The van der Waals surface area contributed by atoms with E-state index in [4.69, 9.17) is 9.31 Å². The number of fused-ring (bicyclic) bond motifs is 4. The molecular weight excluding hydrogens is 1070 g/mol. The molecular formula is C71H82B2N5O6Si+. The summed E-state index contributed by atoms with van der Waals surface area (Å²) < 4.78 is 13.5. The van der Waals surface area contributed by atoms with Crippen LogP contribution >= 0.6 is 0 Å². The van der Waals surface area contributed by atoms with Crippen LogP contribution in [-0.4, -0.2) is 113 Å².